The molecule has 0 aliphatic carbocycles. The topological polar surface area (TPSA) is 124 Å². The number of methoxy groups -OCH3 is 1. The van der Waals surface area contributed by atoms with Gasteiger partial charge in [0.1, 0.15) is 23.1 Å². The molecule has 0 radical (unpaired) electrons. The number of anilines is 3. The highest BCUT2D eigenvalue weighted by atomic mass is 32.1. The zero-order valence-electron chi connectivity index (χ0n) is 17.1. The Labute approximate surface area is 189 Å². The molecule has 1 aliphatic rings. The van der Waals surface area contributed by atoms with E-state index in [9.17, 15) is 18.4 Å². The Kier molecular flexibility index (Phi) is 6.33. The average molecular weight is 477 g/mol. The Bertz CT molecular complexity index is 1190. The fourth-order valence-electron chi connectivity index (χ4n) is 2.90. The summed E-state index contributed by atoms with van der Waals surface area (Å²) in [7, 11) is 1.42. The van der Waals surface area contributed by atoms with Gasteiger partial charge >= 0.3 is 6.29 Å². The van der Waals surface area contributed by atoms with E-state index in [0.717, 1.165) is 16.9 Å². The van der Waals surface area contributed by atoms with Gasteiger partial charge in [0.05, 0.1) is 5.51 Å². The molecule has 0 fully saturated rings. The van der Waals surface area contributed by atoms with Crippen LogP contribution in [0.5, 0.6) is 11.5 Å². The molecule has 1 aromatic carbocycles. The molecule has 4 rings (SSSR count). The van der Waals surface area contributed by atoms with Gasteiger partial charge < -0.3 is 30.2 Å². The molecule has 172 valence electrons. The van der Waals surface area contributed by atoms with Crippen molar-refractivity contribution >= 4 is 40.5 Å². The fourth-order valence-corrected chi connectivity index (χ4v) is 3.55. The van der Waals surface area contributed by atoms with Crippen molar-refractivity contribution in [3.05, 3.63) is 52.5 Å². The molecular formula is C20H17F2N5O5S. The van der Waals surface area contributed by atoms with Crippen LogP contribution in [-0.4, -0.2) is 41.8 Å². The summed E-state index contributed by atoms with van der Waals surface area (Å²) in [5, 5.41) is 8.30. The smallest absolute Gasteiger partial charge is 0.395 e. The number of hydrogen-bond donors (Lipinski definition) is 3. The van der Waals surface area contributed by atoms with E-state index >= 15 is 0 Å². The molecule has 1 aliphatic heterocycles. The van der Waals surface area contributed by atoms with Crippen LogP contribution < -0.4 is 25.4 Å². The maximum Gasteiger partial charge on any atom is 0.586 e. The molecule has 13 heteroatoms. The van der Waals surface area contributed by atoms with Gasteiger partial charge in [-0.05, 0) is 29.8 Å². The van der Waals surface area contributed by atoms with Crippen LogP contribution in [0.1, 0.15) is 15.2 Å². The number of amides is 2. The van der Waals surface area contributed by atoms with E-state index in [0.29, 0.717) is 23.1 Å². The van der Waals surface area contributed by atoms with Crippen molar-refractivity contribution in [1.29, 1.82) is 0 Å². The van der Waals surface area contributed by atoms with E-state index in [-0.39, 0.29) is 29.7 Å². The summed E-state index contributed by atoms with van der Waals surface area (Å²) in [4.78, 5) is 32.9. The summed E-state index contributed by atoms with van der Waals surface area (Å²) in [5.74, 6) is -0.402. The van der Waals surface area contributed by atoms with Crippen LogP contribution in [0, 0.1) is 0 Å². The molecule has 10 nitrogen and oxygen atoms in total. The number of aromatic nitrogens is 2. The molecule has 3 N–H and O–H groups in total. The van der Waals surface area contributed by atoms with Gasteiger partial charge in [-0.15, -0.1) is 20.1 Å². The maximum atomic E-state index is 13.2. The Morgan fingerprint density at radius 1 is 1.12 bits per heavy atom. The number of carbonyl (C=O) groups is 2. The molecule has 0 spiro atoms. The lowest BCUT2D eigenvalue weighted by atomic mass is 10.2. The first-order chi connectivity index (χ1) is 15.8. The molecule has 0 unspecified atom stereocenters. The van der Waals surface area contributed by atoms with Gasteiger partial charge in [0.2, 0.25) is 0 Å². The first-order valence-corrected chi connectivity index (χ1v) is 10.3. The number of pyridine rings is 1. The normalized spacial score (nSPS) is 13.4. The van der Waals surface area contributed by atoms with Gasteiger partial charge in [-0.25, -0.2) is 9.97 Å². The number of nitrogens with one attached hydrogen (secondary N) is 3. The number of nitrogens with zero attached hydrogens (tertiary/aromatic N) is 2. The fraction of sp³-hybridized carbons (Fsp3) is 0.200. The molecule has 3 heterocycles. The monoisotopic (exact) mass is 477 g/mol. The van der Waals surface area contributed by atoms with Gasteiger partial charge in [0.15, 0.2) is 11.5 Å². The largest absolute Gasteiger partial charge is 0.586 e. The third-order valence-electron chi connectivity index (χ3n) is 4.26. The van der Waals surface area contributed by atoms with Crippen LogP contribution in [0.25, 0.3) is 0 Å². The molecule has 2 aromatic heterocycles. The number of benzene rings is 1. The van der Waals surface area contributed by atoms with Crippen LogP contribution >= 0.6 is 11.3 Å². The Balaban J connectivity index is 1.39. The third-order valence-corrected chi connectivity index (χ3v) is 5.09. The number of halogens is 2. The second-order valence-electron chi connectivity index (χ2n) is 6.70. The summed E-state index contributed by atoms with van der Waals surface area (Å²) < 4.78 is 39.9. The van der Waals surface area contributed by atoms with E-state index in [1.807, 2.05) is 0 Å². The van der Waals surface area contributed by atoms with Crippen molar-refractivity contribution in [2.24, 2.45) is 0 Å². The predicted molar refractivity (Wildman–Crippen MR) is 115 cm³/mol. The molecule has 0 saturated heterocycles. The minimum Gasteiger partial charge on any atom is -0.395 e. The first-order valence-electron chi connectivity index (χ1n) is 9.45. The summed E-state index contributed by atoms with van der Waals surface area (Å²) in [6, 6.07) is 7.37. The first kappa shape index (κ1) is 22.4. The molecule has 33 heavy (non-hydrogen) atoms. The highest BCUT2D eigenvalue weighted by Gasteiger charge is 2.43. The zero-order valence-corrected chi connectivity index (χ0v) is 17.9. The third kappa shape index (κ3) is 5.51. The van der Waals surface area contributed by atoms with E-state index in [2.05, 4.69) is 35.4 Å². The number of alkyl halides is 2. The van der Waals surface area contributed by atoms with Gasteiger partial charge in [-0.3, -0.25) is 9.59 Å². The van der Waals surface area contributed by atoms with Gasteiger partial charge in [-0.1, -0.05) is 0 Å². The van der Waals surface area contributed by atoms with Crippen LogP contribution in [-0.2, 0) is 16.1 Å². The van der Waals surface area contributed by atoms with E-state index in [4.69, 9.17) is 4.74 Å². The molecule has 2 amide bonds. The summed E-state index contributed by atoms with van der Waals surface area (Å²) in [6.07, 6.45) is -2.20. The van der Waals surface area contributed by atoms with E-state index < -0.39 is 12.2 Å². The van der Waals surface area contributed by atoms with Crippen molar-refractivity contribution in [3.63, 3.8) is 0 Å². The standard InChI is InChI=1S/C20H17F2N5O5S/c1-30-9-16(28)27-15-6-11(4-5-23-15)8-24-18-17(33-10-25-18)19(29)26-12-2-3-13-14(7-12)32-20(21,22)31-13/h2-7,10,24H,8-9H2,1H3,(H,26,29)(H,23,27,28). The second kappa shape index (κ2) is 9.34. The second-order valence-corrected chi connectivity index (χ2v) is 7.55. The number of rotatable bonds is 8. The minimum absolute atomic E-state index is 0.0900. The van der Waals surface area contributed by atoms with Gasteiger partial charge in [-0.2, -0.15) is 0 Å². The molecule has 0 bridgehead atoms. The van der Waals surface area contributed by atoms with E-state index in [1.165, 1.54) is 37.0 Å². The van der Waals surface area contributed by atoms with E-state index in [1.54, 1.807) is 12.1 Å². The molecular weight excluding hydrogens is 460 g/mol. The van der Waals surface area contributed by atoms with Crippen LogP contribution in [0.4, 0.5) is 26.1 Å². The highest BCUT2D eigenvalue weighted by molar-refractivity contribution is 7.12. The molecule has 3 aromatic rings. The lowest BCUT2D eigenvalue weighted by Crippen LogP contribution is -2.25. The molecule has 0 atom stereocenters. The van der Waals surface area contributed by atoms with Crippen molar-refractivity contribution in [2.45, 2.75) is 12.8 Å². The quantitative estimate of drug-likeness (QED) is 0.452. The maximum absolute atomic E-state index is 13.2. The highest BCUT2D eigenvalue weighted by Crippen LogP contribution is 2.42. The predicted octanol–water partition coefficient (Wildman–Crippen LogP) is 3.31. The SMILES string of the molecule is COCC(=O)Nc1cc(CNc2ncsc2C(=O)Nc2ccc3c(c2)OC(F)(F)O3)ccn1. The van der Waals surface area contributed by atoms with Crippen LogP contribution in [0.2, 0.25) is 0 Å². The number of fused-ring (bicyclic) bond motifs is 1. The lowest BCUT2D eigenvalue weighted by molar-refractivity contribution is -0.286. The van der Waals surface area contributed by atoms with Gasteiger partial charge in [0.25, 0.3) is 11.8 Å². The van der Waals surface area contributed by atoms with Crippen molar-refractivity contribution in [2.75, 3.05) is 29.7 Å². The Morgan fingerprint density at radius 2 is 1.94 bits per heavy atom. The van der Waals surface area contributed by atoms with Crippen LogP contribution in [0.15, 0.2) is 42.0 Å². The lowest BCUT2D eigenvalue weighted by Gasteiger charge is -2.09. The summed E-state index contributed by atoms with van der Waals surface area (Å²) in [6.45, 7) is 0.214. The van der Waals surface area contributed by atoms with Crippen molar-refractivity contribution in [3.8, 4) is 11.5 Å². The minimum atomic E-state index is -3.74. The number of hydrogen-bond acceptors (Lipinski definition) is 9. The number of thiazole rings is 1. The Morgan fingerprint density at radius 3 is 2.76 bits per heavy atom. The molecule has 0 saturated carbocycles. The number of ether oxygens (including phenoxy) is 3. The van der Waals surface area contributed by atoms with Gasteiger partial charge in [0, 0.05) is 31.6 Å². The average Bonchev–Trinajstić information content (AvgIpc) is 3.35. The Hall–Kier alpha value is -3.84. The number of carbonyl (C=O) groups excluding carboxylic acids is 2. The summed E-state index contributed by atoms with van der Waals surface area (Å²) in [5.41, 5.74) is 2.54. The van der Waals surface area contributed by atoms with Crippen molar-refractivity contribution in [1.82, 2.24) is 9.97 Å². The van der Waals surface area contributed by atoms with Crippen LogP contribution in [0.3, 0.4) is 0 Å². The summed E-state index contributed by atoms with van der Waals surface area (Å²) >= 11 is 1.11. The van der Waals surface area contributed by atoms with Crippen molar-refractivity contribution < 1.29 is 32.6 Å². The zero-order chi connectivity index (χ0) is 23.4.